The van der Waals surface area contributed by atoms with Crippen LogP contribution in [0.4, 0.5) is 10.1 Å². The lowest BCUT2D eigenvalue weighted by molar-refractivity contribution is 0.460. The first kappa shape index (κ1) is 16.6. The minimum absolute atomic E-state index is 0.357. The van der Waals surface area contributed by atoms with E-state index >= 15 is 0 Å². The van der Waals surface area contributed by atoms with Gasteiger partial charge in [-0.2, -0.15) is 5.10 Å². The first-order valence-electron chi connectivity index (χ1n) is 8.19. The van der Waals surface area contributed by atoms with Gasteiger partial charge in [0.25, 0.3) is 0 Å². The number of anilines is 1. The molecule has 0 bridgehead atoms. The van der Waals surface area contributed by atoms with Gasteiger partial charge in [-0.05, 0) is 29.8 Å². The highest BCUT2D eigenvalue weighted by atomic mass is 19.1. The number of aromatic nitrogens is 5. The molecule has 27 heavy (non-hydrogen) atoms. The van der Waals surface area contributed by atoms with Crippen LogP contribution in [-0.2, 0) is 6.54 Å². The summed E-state index contributed by atoms with van der Waals surface area (Å²) >= 11 is 0. The van der Waals surface area contributed by atoms with Crippen molar-refractivity contribution in [3.05, 3.63) is 85.1 Å². The molecule has 134 valence electrons. The molecule has 0 atom stereocenters. The van der Waals surface area contributed by atoms with Crippen molar-refractivity contribution in [2.45, 2.75) is 6.54 Å². The molecule has 1 N–H and O–H groups in total. The van der Waals surface area contributed by atoms with Gasteiger partial charge in [0.15, 0.2) is 0 Å². The van der Waals surface area contributed by atoms with Gasteiger partial charge in [-0.25, -0.2) is 19.0 Å². The van der Waals surface area contributed by atoms with E-state index in [1.165, 1.54) is 23.4 Å². The maximum atomic E-state index is 14.3. The van der Waals surface area contributed by atoms with Crippen molar-refractivity contribution in [1.29, 1.82) is 0 Å². The molecule has 0 aliphatic carbocycles. The number of hydrogen-bond donors (Lipinski definition) is 1. The van der Waals surface area contributed by atoms with E-state index in [0.29, 0.717) is 23.9 Å². The summed E-state index contributed by atoms with van der Waals surface area (Å²) in [5.41, 5.74) is 2.00. The van der Waals surface area contributed by atoms with Crippen molar-refractivity contribution in [2.24, 2.45) is 0 Å². The predicted molar refractivity (Wildman–Crippen MR) is 97.2 cm³/mol. The van der Waals surface area contributed by atoms with Crippen molar-refractivity contribution >= 4 is 5.69 Å². The van der Waals surface area contributed by atoms with Crippen LogP contribution in [-0.4, -0.2) is 24.7 Å². The smallest absolute Gasteiger partial charge is 0.237 e. The van der Waals surface area contributed by atoms with Crippen molar-refractivity contribution < 1.29 is 9.13 Å². The van der Waals surface area contributed by atoms with Crippen LogP contribution in [0, 0.1) is 5.82 Å². The Kier molecular flexibility index (Phi) is 4.69. The van der Waals surface area contributed by atoms with Crippen LogP contribution in [0.5, 0.6) is 11.6 Å². The second kappa shape index (κ2) is 7.61. The summed E-state index contributed by atoms with van der Waals surface area (Å²) in [7, 11) is 0. The normalized spacial score (nSPS) is 10.6. The minimum Gasteiger partial charge on any atom is -0.437 e. The van der Waals surface area contributed by atoms with Crippen molar-refractivity contribution in [3.63, 3.8) is 0 Å². The van der Waals surface area contributed by atoms with Gasteiger partial charge in [0.05, 0.1) is 6.20 Å². The molecular weight excluding hydrogens is 347 g/mol. The van der Waals surface area contributed by atoms with Gasteiger partial charge in [0, 0.05) is 30.7 Å². The first-order valence-corrected chi connectivity index (χ1v) is 8.19. The summed E-state index contributed by atoms with van der Waals surface area (Å²) in [6.45, 7) is 0.461. The summed E-state index contributed by atoms with van der Waals surface area (Å²) in [4.78, 5) is 11.9. The molecule has 2 aromatic carbocycles. The van der Waals surface area contributed by atoms with Crippen LogP contribution in [0.2, 0.25) is 0 Å². The SMILES string of the molecule is Fc1cc(CNc2cccc(Oc3cnccn3)c2)ccc1-n1cncn1. The average molecular weight is 362 g/mol. The molecule has 8 heteroatoms. The molecule has 0 saturated heterocycles. The molecule has 7 nitrogen and oxygen atoms in total. The zero-order chi connectivity index (χ0) is 18.5. The monoisotopic (exact) mass is 362 g/mol. The van der Waals surface area contributed by atoms with E-state index in [-0.39, 0.29) is 5.82 Å². The van der Waals surface area contributed by atoms with E-state index in [0.717, 1.165) is 11.3 Å². The number of benzene rings is 2. The molecule has 0 saturated carbocycles. The van der Waals surface area contributed by atoms with Crippen LogP contribution >= 0.6 is 0 Å². The fourth-order valence-electron chi connectivity index (χ4n) is 2.51. The Balaban J connectivity index is 1.43. The Morgan fingerprint density at radius 3 is 2.81 bits per heavy atom. The third-order valence-electron chi connectivity index (χ3n) is 3.77. The molecule has 2 heterocycles. The molecule has 4 rings (SSSR count). The summed E-state index contributed by atoms with van der Waals surface area (Å²) < 4.78 is 21.3. The van der Waals surface area contributed by atoms with Gasteiger partial charge < -0.3 is 10.1 Å². The highest BCUT2D eigenvalue weighted by Crippen LogP contribution is 2.23. The third kappa shape index (κ3) is 4.06. The fraction of sp³-hybridized carbons (Fsp3) is 0.0526. The summed E-state index contributed by atoms with van der Waals surface area (Å²) in [6.07, 6.45) is 7.51. The van der Waals surface area contributed by atoms with Crippen molar-refractivity contribution in [1.82, 2.24) is 24.7 Å². The zero-order valence-corrected chi connectivity index (χ0v) is 14.2. The number of nitrogens with one attached hydrogen (secondary N) is 1. The summed E-state index contributed by atoms with van der Waals surface area (Å²) in [6, 6.07) is 12.4. The maximum absolute atomic E-state index is 14.3. The minimum atomic E-state index is -0.362. The first-order chi connectivity index (χ1) is 13.3. The molecule has 0 unspecified atom stereocenters. The van der Waals surface area contributed by atoms with Gasteiger partial charge in [-0.3, -0.25) is 4.98 Å². The van der Waals surface area contributed by atoms with Crippen molar-refractivity contribution in [2.75, 3.05) is 5.32 Å². The van der Waals surface area contributed by atoms with E-state index < -0.39 is 0 Å². The highest BCUT2D eigenvalue weighted by Gasteiger charge is 2.07. The summed E-state index contributed by atoms with van der Waals surface area (Å²) in [5, 5.41) is 7.19. The second-order valence-electron chi connectivity index (χ2n) is 5.65. The second-order valence-corrected chi connectivity index (χ2v) is 5.65. The van der Waals surface area contributed by atoms with Crippen molar-refractivity contribution in [3.8, 4) is 17.3 Å². The van der Waals surface area contributed by atoms with E-state index in [2.05, 4.69) is 25.4 Å². The quantitative estimate of drug-likeness (QED) is 0.565. The Labute approximate surface area is 154 Å². The van der Waals surface area contributed by atoms with Gasteiger partial charge in [-0.15, -0.1) is 0 Å². The fourth-order valence-corrected chi connectivity index (χ4v) is 2.51. The molecule has 0 radical (unpaired) electrons. The number of halogens is 1. The molecular formula is C19H15FN6O. The molecule has 0 amide bonds. The Morgan fingerprint density at radius 2 is 2.04 bits per heavy atom. The van der Waals surface area contributed by atoms with Gasteiger partial charge >= 0.3 is 0 Å². The molecule has 0 aliphatic heterocycles. The number of nitrogens with zero attached hydrogens (tertiary/aromatic N) is 5. The Hall–Kier alpha value is -3.81. The Bertz CT molecular complexity index is 1020. The zero-order valence-electron chi connectivity index (χ0n) is 14.2. The molecule has 0 aliphatic rings. The molecule has 0 spiro atoms. The van der Waals surface area contributed by atoms with Gasteiger partial charge in [0.2, 0.25) is 5.88 Å². The number of ether oxygens (including phenoxy) is 1. The van der Waals surface area contributed by atoms with Crippen LogP contribution < -0.4 is 10.1 Å². The lowest BCUT2D eigenvalue weighted by Crippen LogP contribution is -2.03. The number of rotatable bonds is 6. The topological polar surface area (TPSA) is 77.8 Å². The van der Waals surface area contributed by atoms with E-state index in [4.69, 9.17) is 4.74 Å². The highest BCUT2D eigenvalue weighted by molar-refractivity contribution is 5.49. The number of hydrogen-bond acceptors (Lipinski definition) is 6. The van der Waals surface area contributed by atoms with E-state index in [9.17, 15) is 4.39 Å². The van der Waals surface area contributed by atoms with Crippen LogP contribution in [0.25, 0.3) is 5.69 Å². The van der Waals surface area contributed by atoms with Crippen LogP contribution in [0.15, 0.2) is 73.7 Å². The lowest BCUT2D eigenvalue weighted by Gasteiger charge is -2.10. The molecule has 4 aromatic rings. The third-order valence-corrected chi connectivity index (χ3v) is 3.77. The molecule has 0 fully saturated rings. The molecule has 2 aromatic heterocycles. The van der Waals surface area contributed by atoms with Gasteiger partial charge in [-0.1, -0.05) is 12.1 Å². The predicted octanol–water partition coefficient (Wildman–Crippen LogP) is 3.60. The van der Waals surface area contributed by atoms with Crippen LogP contribution in [0.1, 0.15) is 5.56 Å². The van der Waals surface area contributed by atoms with E-state index in [1.54, 1.807) is 24.7 Å². The van der Waals surface area contributed by atoms with Crippen LogP contribution in [0.3, 0.4) is 0 Å². The summed E-state index contributed by atoms with van der Waals surface area (Å²) in [5.74, 6) is 0.688. The van der Waals surface area contributed by atoms with Gasteiger partial charge in [0.1, 0.15) is 29.9 Å². The largest absolute Gasteiger partial charge is 0.437 e. The standard InChI is InChI=1S/C19H15FN6O/c20-17-8-14(4-5-18(17)26-13-22-12-25-26)10-24-15-2-1-3-16(9-15)27-19-11-21-6-7-23-19/h1-9,11-13,24H,10H2. The van der Waals surface area contributed by atoms with E-state index in [1.807, 2.05) is 30.3 Å². The lowest BCUT2D eigenvalue weighted by atomic mass is 10.2. The average Bonchev–Trinajstić information content (AvgIpc) is 3.22. The Morgan fingerprint density at radius 1 is 1.07 bits per heavy atom. The maximum Gasteiger partial charge on any atom is 0.237 e.